The average Bonchev–Trinajstić information content (AvgIpc) is 3.09. The van der Waals surface area contributed by atoms with E-state index in [1.165, 1.54) is 11.3 Å². The molecule has 0 aliphatic rings. The summed E-state index contributed by atoms with van der Waals surface area (Å²) >= 11 is 13.1. The fraction of sp³-hybridized carbons (Fsp3) is 0.105. The van der Waals surface area contributed by atoms with Crippen molar-refractivity contribution in [2.45, 2.75) is 13.0 Å². The molecule has 0 radical (unpaired) electrons. The number of carbonyl (C=O) groups excluding carboxylic acids is 2. The van der Waals surface area contributed by atoms with E-state index in [9.17, 15) is 9.59 Å². The van der Waals surface area contributed by atoms with Gasteiger partial charge in [-0.15, -0.1) is 11.3 Å². The summed E-state index contributed by atoms with van der Waals surface area (Å²) in [4.78, 5) is 28.4. The highest BCUT2D eigenvalue weighted by atomic mass is 35.5. The highest BCUT2D eigenvalue weighted by Crippen LogP contribution is 2.18. The molecule has 0 bridgehead atoms. The number of carbonyl (C=O) groups is 2. The number of urea groups is 1. The predicted molar refractivity (Wildman–Crippen MR) is 113 cm³/mol. The van der Waals surface area contributed by atoms with Crippen LogP contribution in [0.3, 0.4) is 0 Å². The Hall–Kier alpha value is -2.61. The minimum atomic E-state index is -0.425. The SMILES string of the molecule is O=C(Cc1csc(NC(=O)Nc2ccc(Cl)cc2)n1)NCc1ccccc1Cl. The molecular weight excluding hydrogens is 419 g/mol. The van der Waals surface area contributed by atoms with Crippen LogP contribution in [0.15, 0.2) is 53.9 Å². The molecule has 1 aromatic heterocycles. The topological polar surface area (TPSA) is 83.1 Å². The fourth-order valence-corrected chi connectivity index (χ4v) is 3.33. The molecule has 0 saturated carbocycles. The Bertz CT molecular complexity index is 976. The molecule has 0 saturated heterocycles. The second-order valence-corrected chi connectivity index (χ2v) is 7.48. The quantitative estimate of drug-likeness (QED) is 0.512. The molecule has 0 aliphatic carbocycles. The van der Waals surface area contributed by atoms with Crippen LogP contribution < -0.4 is 16.0 Å². The van der Waals surface area contributed by atoms with E-state index >= 15 is 0 Å². The largest absolute Gasteiger partial charge is 0.352 e. The third-order valence-corrected chi connectivity index (χ3v) is 5.08. The van der Waals surface area contributed by atoms with Crippen molar-refractivity contribution in [1.29, 1.82) is 0 Å². The number of thiazole rings is 1. The molecule has 0 spiro atoms. The summed E-state index contributed by atoms with van der Waals surface area (Å²) in [5.74, 6) is -0.178. The maximum absolute atomic E-state index is 12.1. The minimum Gasteiger partial charge on any atom is -0.352 e. The molecule has 6 nitrogen and oxygen atoms in total. The molecule has 3 N–H and O–H groups in total. The molecule has 144 valence electrons. The van der Waals surface area contributed by atoms with Gasteiger partial charge in [-0.25, -0.2) is 9.78 Å². The highest BCUT2D eigenvalue weighted by Gasteiger charge is 2.10. The number of anilines is 2. The first kappa shape index (κ1) is 20.1. The van der Waals surface area contributed by atoms with E-state index in [1.807, 2.05) is 18.2 Å². The summed E-state index contributed by atoms with van der Waals surface area (Å²) in [6.07, 6.45) is 0.113. The zero-order valence-corrected chi connectivity index (χ0v) is 16.9. The Morgan fingerprint density at radius 1 is 1.00 bits per heavy atom. The number of hydrogen-bond acceptors (Lipinski definition) is 4. The average molecular weight is 435 g/mol. The Morgan fingerprint density at radius 3 is 2.50 bits per heavy atom. The van der Waals surface area contributed by atoms with Gasteiger partial charge in [0.25, 0.3) is 0 Å². The minimum absolute atomic E-state index is 0.113. The van der Waals surface area contributed by atoms with Crippen molar-refractivity contribution in [1.82, 2.24) is 10.3 Å². The van der Waals surface area contributed by atoms with Crippen LogP contribution in [0.25, 0.3) is 0 Å². The lowest BCUT2D eigenvalue weighted by atomic mass is 10.2. The van der Waals surface area contributed by atoms with Gasteiger partial charge in [-0.1, -0.05) is 41.4 Å². The van der Waals surface area contributed by atoms with Crippen LogP contribution in [0, 0.1) is 0 Å². The molecule has 2 aromatic carbocycles. The van der Waals surface area contributed by atoms with Gasteiger partial charge in [-0.05, 0) is 35.9 Å². The maximum atomic E-state index is 12.1. The lowest BCUT2D eigenvalue weighted by Crippen LogP contribution is -2.25. The van der Waals surface area contributed by atoms with Gasteiger partial charge in [0, 0.05) is 27.7 Å². The summed E-state index contributed by atoms with van der Waals surface area (Å²) in [6.45, 7) is 0.344. The van der Waals surface area contributed by atoms with Gasteiger partial charge in [0.15, 0.2) is 5.13 Å². The van der Waals surface area contributed by atoms with Gasteiger partial charge in [0.05, 0.1) is 12.1 Å². The van der Waals surface area contributed by atoms with E-state index in [0.717, 1.165) is 5.56 Å². The van der Waals surface area contributed by atoms with E-state index < -0.39 is 6.03 Å². The Kier molecular flexibility index (Phi) is 6.86. The van der Waals surface area contributed by atoms with Crippen molar-refractivity contribution >= 4 is 57.3 Å². The number of aromatic nitrogens is 1. The first-order valence-electron chi connectivity index (χ1n) is 8.27. The number of hydrogen-bond donors (Lipinski definition) is 3. The summed E-state index contributed by atoms with van der Waals surface area (Å²) in [5, 5.41) is 11.4. The smallest absolute Gasteiger partial charge is 0.325 e. The molecule has 3 amide bonds. The Morgan fingerprint density at radius 2 is 1.75 bits per heavy atom. The molecule has 0 atom stereocenters. The van der Waals surface area contributed by atoms with E-state index in [-0.39, 0.29) is 12.3 Å². The third-order valence-electron chi connectivity index (χ3n) is 3.65. The second-order valence-electron chi connectivity index (χ2n) is 5.77. The second kappa shape index (κ2) is 9.54. The highest BCUT2D eigenvalue weighted by molar-refractivity contribution is 7.14. The standard InChI is InChI=1S/C19H16Cl2N4O2S/c20-13-5-7-14(8-6-13)23-18(27)25-19-24-15(11-28-19)9-17(26)22-10-12-3-1-2-4-16(12)21/h1-8,11H,9-10H2,(H,22,26)(H2,23,24,25,27). The number of benzene rings is 2. The Balaban J connectivity index is 1.48. The monoisotopic (exact) mass is 434 g/mol. The van der Waals surface area contributed by atoms with Gasteiger partial charge < -0.3 is 10.6 Å². The molecule has 3 rings (SSSR count). The van der Waals surface area contributed by atoms with E-state index in [4.69, 9.17) is 23.2 Å². The summed E-state index contributed by atoms with van der Waals surface area (Å²) < 4.78 is 0. The summed E-state index contributed by atoms with van der Waals surface area (Å²) in [5.41, 5.74) is 2.03. The van der Waals surface area contributed by atoms with Gasteiger partial charge in [0.2, 0.25) is 5.91 Å². The first-order chi connectivity index (χ1) is 13.5. The molecular formula is C19H16Cl2N4O2S. The number of nitrogens with one attached hydrogen (secondary N) is 3. The lowest BCUT2D eigenvalue weighted by Gasteiger charge is -2.06. The van der Waals surface area contributed by atoms with Crippen molar-refractivity contribution in [2.75, 3.05) is 10.6 Å². The van der Waals surface area contributed by atoms with Crippen molar-refractivity contribution in [3.63, 3.8) is 0 Å². The lowest BCUT2D eigenvalue weighted by molar-refractivity contribution is -0.120. The fourth-order valence-electron chi connectivity index (χ4n) is 2.30. The zero-order chi connectivity index (χ0) is 19.9. The molecule has 3 aromatic rings. The van der Waals surface area contributed by atoms with Crippen molar-refractivity contribution in [2.24, 2.45) is 0 Å². The van der Waals surface area contributed by atoms with E-state index in [0.29, 0.717) is 33.1 Å². The van der Waals surface area contributed by atoms with Gasteiger partial charge in [-0.3, -0.25) is 10.1 Å². The number of halogens is 2. The van der Waals surface area contributed by atoms with E-state index in [2.05, 4.69) is 20.9 Å². The molecule has 0 unspecified atom stereocenters. The normalized spacial score (nSPS) is 10.4. The number of amides is 3. The summed E-state index contributed by atoms with van der Waals surface area (Å²) in [7, 11) is 0. The van der Waals surface area contributed by atoms with Gasteiger partial charge >= 0.3 is 6.03 Å². The maximum Gasteiger partial charge on any atom is 0.325 e. The van der Waals surface area contributed by atoms with Gasteiger partial charge in [-0.2, -0.15) is 0 Å². The predicted octanol–water partition coefficient (Wildman–Crippen LogP) is 4.95. The molecule has 9 heteroatoms. The van der Waals surface area contributed by atoms with Crippen molar-refractivity contribution < 1.29 is 9.59 Å². The molecule has 1 heterocycles. The molecule has 0 fully saturated rings. The van der Waals surface area contributed by atoms with Crippen molar-refractivity contribution in [3.8, 4) is 0 Å². The van der Waals surface area contributed by atoms with Crippen LogP contribution in [0.5, 0.6) is 0 Å². The van der Waals surface area contributed by atoms with Crippen LogP contribution in [-0.2, 0) is 17.8 Å². The zero-order valence-electron chi connectivity index (χ0n) is 14.5. The van der Waals surface area contributed by atoms with Crippen molar-refractivity contribution in [3.05, 3.63) is 75.2 Å². The first-order valence-corrected chi connectivity index (χ1v) is 9.91. The molecule has 28 heavy (non-hydrogen) atoms. The van der Waals surface area contributed by atoms with Crippen LogP contribution in [0.1, 0.15) is 11.3 Å². The van der Waals surface area contributed by atoms with Crippen LogP contribution in [0.4, 0.5) is 15.6 Å². The summed E-state index contributed by atoms with van der Waals surface area (Å²) in [6, 6.07) is 13.6. The number of nitrogens with zero attached hydrogens (tertiary/aromatic N) is 1. The van der Waals surface area contributed by atoms with Crippen LogP contribution in [-0.4, -0.2) is 16.9 Å². The van der Waals surface area contributed by atoms with Crippen LogP contribution in [0.2, 0.25) is 10.0 Å². The number of rotatable bonds is 6. The van der Waals surface area contributed by atoms with E-state index in [1.54, 1.807) is 35.7 Å². The van der Waals surface area contributed by atoms with Gasteiger partial charge in [0.1, 0.15) is 0 Å². The Labute approximate surface area is 175 Å². The van der Waals surface area contributed by atoms with Crippen LogP contribution >= 0.6 is 34.5 Å². The molecule has 0 aliphatic heterocycles. The third kappa shape index (κ3) is 5.95.